The van der Waals surface area contributed by atoms with E-state index in [0.717, 1.165) is 31.7 Å². The van der Waals surface area contributed by atoms with Crippen LogP contribution in [0.4, 0.5) is 0 Å². The normalized spacial score (nSPS) is 31.0. The van der Waals surface area contributed by atoms with E-state index in [1.54, 1.807) is 0 Å². The Labute approximate surface area is 224 Å². The van der Waals surface area contributed by atoms with Crippen molar-refractivity contribution in [3.8, 4) is 6.07 Å². The van der Waals surface area contributed by atoms with Crippen LogP contribution in [0.1, 0.15) is 97.8 Å². The minimum atomic E-state index is -0.842. The van der Waals surface area contributed by atoms with Gasteiger partial charge in [-0.05, 0) is 55.8 Å². The predicted octanol–water partition coefficient (Wildman–Crippen LogP) is 4.51. The summed E-state index contributed by atoms with van der Waals surface area (Å²) in [6, 6.07) is 3.01. The average molecular weight is 515 g/mol. The van der Waals surface area contributed by atoms with Crippen molar-refractivity contribution < 1.29 is 14.3 Å². The van der Waals surface area contributed by atoms with Crippen LogP contribution in [0.2, 0.25) is 0 Å². The molecule has 0 aromatic rings. The molecule has 0 aromatic heterocycles. The van der Waals surface area contributed by atoms with Gasteiger partial charge in [-0.25, -0.2) is 0 Å². The zero-order valence-electron chi connectivity index (χ0n) is 23.6. The Kier molecular flexibility index (Phi) is 9.56. The highest BCUT2D eigenvalue weighted by molar-refractivity contribution is 5.86. The van der Waals surface area contributed by atoms with Crippen LogP contribution in [-0.2, 0) is 14.3 Å². The quantitative estimate of drug-likeness (QED) is 0.540. The van der Waals surface area contributed by atoms with Gasteiger partial charge in [-0.3, -0.25) is 14.5 Å². The summed E-state index contributed by atoms with van der Waals surface area (Å²) in [5.41, 5.74) is -0.489. The van der Waals surface area contributed by atoms with E-state index in [1.807, 2.05) is 4.90 Å². The van der Waals surface area contributed by atoms with Gasteiger partial charge in [-0.15, -0.1) is 0 Å². The van der Waals surface area contributed by atoms with Crippen LogP contribution >= 0.6 is 0 Å². The third kappa shape index (κ3) is 7.47. The molecule has 0 aromatic carbocycles. The number of ether oxygens (including phenoxy) is 1. The highest BCUT2D eigenvalue weighted by Crippen LogP contribution is 2.40. The third-order valence-corrected chi connectivity index (χ3v) is 9.81. The topological polar surface area (TPSA) is 85.7 Å². The van der Waals surface area contributed by atoms with Gasteiger partial charge in [0.1, 0.15) is 5.54 Å². The maximum absolute atomic E-state index is 13.7. The number of rotatable bonds is 7. The van der Waals surface area contributed by atoms with Gasteiger partial charge in [-0.1, -0.05) is 52.9 Å². The lowest BCUT2D eigenvalue weighted by Gasteiger charge is -2.40. The number of carbonyl (C=O) groups is 2. The zero-order chi connectivity index (χ0) is 26.5. The molecule has 2 amide bonds. The van der Waals surface area contributed by atoms with E-state index in [2.05, 4.69) is 37.1 Å². The van der Waals surface area contributed by atoms with E-state index in [-0.39, 0.29) is 24.2 Å². The van der Waals surface area contributed by atoms with E-state index < -0.39 is 5.54 Å². The second kappa shape index (κ2) is 12.5. The average Bonchev–Trinajstić information content (AvgIpc) is 3.33. The highest BCUT2D eigenvalue weighted by atomic mass is 16.5. The maximum Gasteiger partial charge on any atom is 0.224 e. The summed E-state index contributed by atoms with van der Waals surface area (Å²) >= 11 is 0. The first-order chi connectivity index (χ1) is 17.7. The molecule has 4 fully saturated rings. The molecule has 2 heterocycles. The van der Waals surface area contributed by atoms with Crippen LogP contribution in [0.5, 0.6) is 0 Å². The molecule has 4 rings (SSSR count). The molecule has 2 aliphatic heterocycles. The number of hydrogen-bond donors (Lipinski definition) is 1. The van der Waals surface area contributed by atoms with E-state index in [0.29, 0.717) is 56.6 Å². The molecule has 208 valence electrons. The number of likely N-dealkylation sites (tertiary alicyclic amines) is 1. The summed E-state index contributed by atoms with van der Waals surface area (Å²) in [7, 11) is 0. The number of nitrogens with one attached hydrogen (secondary N) is 1. The fourth-order valence-electron chi connectivity index (χ4n) is 7.28. The van der Waals surface area contributed by atoms with E-state index in [9.17, 15) is 14.9 Å². The molecule has 2 aliphatic carbocycles. The van der Waals surface area contributed by atoms with Crippen molar-refractivity contribution in [2.24, 2.45) is 23.2 Å². The minimum absolute atomic E-state index is 0.0499. The van der Waals surface area contributed by atoms with E-state index in [1.165, 1.54) is 44.9 Å². The lowest BCUT2D eigenvalue weighted by Crippen LogP contribution is -2.53. The fourth-order valence-corrected chi connectivity index (χ4v) is 7.28. The van der Waals surface area contributed by atoms with Gasteiger partial charge in [0.25, 0.3) is 0 Å². The number of hydrogen-bond acceptors (Lipinski definition) is 5. The maximum atomic E-state index is 13.7. The van der Waals surface area contributed by atoms with Crippen LogP contribution in [0, 0.1) is 34.5 Å². The fraction of sp³-hybridized carbons (Fsp3) is 0.900. The highest BCUT2D eigenvalue weighted by Gasteiger charge is 2.44. The third-order valence-electron chi connectivity index (χ3n) is 9.81. The number of nitriles is 1. The molecule has 7 nitrogen and oxygen atoms in total. The first-order valence-electron chi connectivity index (χ1n) is 15.0. The van der Waals surface area contributed by atoms with Gasteiger partial charge < -0.3 is 15.0 Å². The lowest BCUT2D eigenvalue weighted by atomic mass is 9.71. The molecule has 0 unspecified atom stereocenters. The van der Waals surface area contributed by atoms with Gasteiger partial charge >= 0.3 is 0 Å². The Bertz CT molecular complexity index is 814. The molecule has 0 radical (unpaired) electrons. The summed E-state index contributed by atoms with van der Waals surface area (Å²) in [6.07, 6.45) is 12.5. The van der Waals surface area contributed by atoms with Gasteiger partial charge in [0.2, 0.25) is 11.8 Å². The van der Waals surface area contributed by atoms with Crippen molar-refractivity contribution in [3.05, 3.63) is 0 Å². The minimum Gasteiger partial charge on any atom is -0.378 e. The molecule has 2 atom stereocenters. The Morgan fingerprint density at radius 3 is 2.32 bits per heavy atom. The zero-order valence-corrected chi connectivity index (χ0v) is 23.6. The Hall–Kier alpha value is -1.65. The standard InChI is InChI=1S/C30H50N4O3/c1-29(2,3)25-9-11-26(12-10-25)34-14-13-30(21-31,22-34)32-28(36)24(19-23-7-5-4-6-8-23)20-27(35)33-15-17-37-18-16-33/h23-26H,4-20,22H2,1-3H3,(H,32,36)/t24-,25?,26?,30-/m1/s1. The summed E-state index contributed by atoms with van der Waals surface area (Å²) in [4.78, 5) is 31.1. The second-order valence-electron chi connectivity index (χ2n) is 13.4. The molecule has 0 bridgehead atoms. The largest absolute Gasteiger partial charge is 0.378 e. The van der Waals surface area contributed by atoms with Crippen LogP contribution in [0.15, 0.2) is 0 Å². The first-order valence-corrected chi connectivity index (χ1v) is 15.0. The van der Waals surface area contributed by atoms with Gasteiger partial charge in [-0.2, -0.15) is 5.26 Å². The number of carbonyl (C=O) groups excluding carboxylic acids is 2. The van der Waals surface area contributed by atoms with Crippen LogP contribution in [0.25, 0.3) is 0 Å². The SMILES string of the molecule is CC(C)(C)C1CCC(N2CC[C@](C#N)(NC(=O)[C@@H](CC(=O)N3CCOCC3)CC3CCCCC3)C2)CC1. The molecule has 0 spiro atoms. The van der Waals surface area contributed by atoms with Crippen LogP contribution < -0.4 is 5.32 Å². The van der Waals surface area contributed by atoms with E-state index in [4.69, 9.17) is 4.74 Å². The van der Waals surface area contributed by atoms with Crippen molar-refractivity contribution in [3.63, 3.8) is 0 Å². The van der Waals surface area contributed by atoms with Crippen molar-refractivity contribution in [2.45, 2.75) is 109 Å². The summed E-state index contributed by atoms with van der Waals surface area (Å²) in [6.45, 7) is 10.8. The summed E-state index contributed by atoms with van der Waals surface area (Å²) in [5.74, 6) is 0.857. The molecule has 1 N–H and O–H groups in total. The molecular weight excluding hydrogens is 464 g/mol. The molecule has 37 heavy (non-hydrogen) atoms. The lowest BCUT2D eigenvalue weighted by molar-refractivity contribution is -0.140. The van der Waals surface area contributed by atoms with Crippen molar-refractivity contribution >= 4 is 11.8 Å². The summed E-state index contributed by atoms with van der Waals surface area (Å²) < 4.78 is 5.41. The Morgan fingerprint density at radius 2 is 1.70 bits per heavy atom. The van der Waals surface area contributed by atoms with Crippen LogP contribution in [0.3, 0.4) is 0 Å². The van der Waals surface area contributed by atoms with Crippen molar-refractivity contribution in [1.82, 2.24) is 15.1 Å². The number of morpholine rings is 1. The number of nitrogens with zero attached hydrogens (tertiary/aromatic N) is 3. The van der Waals surface area contributed by atoms with Gasteiger partial charge in [0.15, 0.2) is 0 Å². The molecule has 7 heteroatoms. The monoisotopic (exact) mass is 514 g/mol. The molecule has 4 aliphatic rings. The van der Waals surface area contributed by atoms with E-state index >= 15 is 0 Å². The van der Waals surface area contributed by atoms with Crippen LogP contribution in [-0.4, -0.2) is 72.6 Å². The van der Waals surface area contributed by atoms with Gasteiger partial charge in [0, 0.05) is 44.6 Å². The summed E-state index contributed by atoms with van der Waals surface area (Å²) in [5, 5.41) is 13.4. The Morgan fingerprint density at radius 1 is 1.03 bits per heavy atom. The van der Waals surface area contributed by atoms with Crippen molar-refractivity contribution in [1.29, 1.82) is 5.26 Å². The molecule has 2 saturated heterocycles. The second-order valence-corrected chi connectivity index (χ2v) is 13.4. The van der Waals surface area contributed by atoms with Crippen molar-refractivity contribution in [2.75, 3.05) is 39.4 Å². The number of amides is 2. The Balaban J connectivity index is 1.37. The molecular formula is C30H50N4O3. The van der Waals surface area contributed by atoms with Gasteiger partial charge in [0.05, 0.1) is 19.3 Å². The smallest absolute Gasteiger partial charge is 0.224 e. The predicted molar refractivity (Wildman–Crippen MR) is 145 cm³/mol. The first kappa shape index (κ1) is 28.4. The molecule has 2 saturated carbocycles.